The topological polar surface area (TPSA) is 92.8 Å². The molecule has 0 aromatic heterocycles. The Kier molecular flexibility index (Phi) is 5.13. The summed E-state index contributed by atoms with van der Waals surface area (Å²) >= 11 is 1.39. The van der Waals surface area contributed by atoms with Gasteiger partial charge >= 0.3 is 5.97 Å². The summed E-state index contributed by atoms with van der Waals surface area (Å²) in [7, 11) is -3.84. The first-order chi connectivity index (χ1) is 12.6. The molecule has 2 saturated heterocycles. The minimum absolute atomic E-state index is 0.0618. The number of hydrogen-bond acceptors (Lipinski definition) is 6. The van der Waals surface area contributed by atoms with Crippen LogP contribution < -0.4 is 4.72 Å². The Bertz CT molecular complexity index is 880. The lowest BCUT2D eigenvalue weighted by atomic mass is 9.96. The lowest BCUT2D eigenvalue weighted by molar-refractivity contribution is -0.162. The van der Waals surface area contributed by atoms with Gasteiger partial charge in [-0.15, -0.1) is 11.8 Å². The Morgan fingerprint density at radius 1 is 1.37 bits per heavy atom. The van der Waals surface area contributed by atoms with Gasteiger partial charge in [-0.3, -0.25) is 4.79 Å². The van der Waals surface area contributed by atoms with E-state index in [1.54, 1.807) is 12.1 Å². The Labute approximate surface area is 163 Å². The van der Waals surface area contributed by atoms with Gasteiger partial charge in [-0.25, -0.2) is 13.2 Å². The van der Waals surface area contributed by atoms with Crippen LogP contribution in [0.25, 0.3) is 0 Å². The molecule has 1 aromatic carbocycles. The van der Waals surface area contributed by atoms with Crippen LogP contribution in [0.2, 0.25) is 0 Å². The van der Waals surface area contributed by atoms with Crippen molar-refractivity contribution in [2.24, 2.45) is 0 Å². The highest BCUT2D eigenvalue weighted by Crippen LogP contribution is 2.51. The predicted molar refractivity (Wildman–Crippen MR) is 103 cm³/mol. The second-order valence-corrected chi connectivity index (χ2v) is 10.6. The van der Waals surface area contributed by atoms with E-state index in [0.717, 1.165) is 5.56 Å². The maximum atomic E-state index is 12.6. The summed E-state index contributed by atoms with van der Waals surface area (Å²) in [6.07, 6.45) is 1.46. The van der Waals surface area contributed by atoms with Crippen LogP contribution in [0.15, 0.2) is 41.8 Å². The predicted octanol–water partition coefficient (Wildman–Crippen LogP) is 1.43. The van der Waals surface area contributed by atoms with E-state index in [9.17, 15) is 18.0 Å². The summed E-state index contributed by atoms with van der Waals surface area (Å²) < 4.78 is 32.2. The number of esters is 1. The molecule has 9 heteroatoms. The van der Waals surface area contributed by atoms with E-state index in [1.165, 1.54) is 34.9 Å². The number of ether oxygens (including phenoxy) is 1. The van der Waals surface area contributed by atoms with Gasteiger partial charge < -0.3 is 9.64 Å². The van der Waals surface area contributed by atoms with Gasteiger partial charge in [-0.1, -0.05) is 30.4 Å². The fourth-order valence-electron chi connectivity index (χ4n) is 3.27. The monoisotopic (exact) mass is 410 g/mol. The van der Waals surface area contributed by atoms with Crippen LogP contribution in [-0.2, 0) is 24.3 Å². The van der Waals surface area contributed by atoms with Gasteiger partial charge in [-0.2, -0.15) is 4.72 Å². The molecule has 0 saturated carbocycles. The number of aryl methyl sites for hydroxylation is 1. The van der Waals surface area contributed by atoms with Crippen molar-refractivity contribution in [3.8, 4) is 0 Å². The zero-order valence-corrected chi connectivity index (χ0v) is 17.0. The highest BCUT2D eigenvalue weighted by molar-refractivity contribution is 8.01. The van der Waals surface area contributed by atoms with Gasteiger partial charge in [0.15, 0.2) is 0 Å². The van der Waals surface area contributed by atoms with Crippen LogP contribution in [0.4, 0.5) is 0 Å². The van der Waals surface area contributed by atoms with Crippen LogP contribution in [-0.4, -0.2) is 54.0 Å². The number of rotatable bonds is 6. The van der Waals surface area contributed by atoms with Crippen molar-refractivity contribution in [1.29, 1.82) is 0 Å². The van der Waals surface area contributed by atoms with E-state index < -0.39 is 44.1 Å². The number of amides is 1. The third-order valence-corrected chi connectivity index (χ3v) is 7.65. The molecular formula is C18H22N2O5S2. The van der Waals surface area contributed by atoms with Crippen LogP contribution in [0.5, 0.6) is 0 Å². The normalized spacial score (nSPS) is 26.3. The number of benzene rings is 1. The summed E-state index contributed by atoms with van der Waals surface area (Å²) in [5.41, 5.74) is 0.939. The van der Waals surface area contributed by atoms with Gasteiger partial charge in [0.05, 0.1) is 4.90 Å². The Morgan fingerprint density at radius 3 is 2.59 bits per heavy atom. The standard InChI is InChI=1S/C18H22N2O5S2/c1-5-10-25-17(22)14-18(3,4)26-16-13(15(21)20(14)16)19-27(23,24)12-8-6-11(2)7-9-12/h5-9,13-14,16,19H,1,10H2,2-4H3/t13-,14+,16-/m1/s1. The van der Waals surface area contributed by atoms with Crippen molar-refractivity contribution in [1.82, 2.24) is 9.62 Å². The second kappa shape index (κ2) is 6.96. The fraction of sp³-hybridized carbons (Fsp3) is 0.444. The number of nitrogens with zero attached hydrogens (tertiary/aromatic N) is 1. The molecule has 2 aliphatic heterocycles. The third-order valence-electron chi connectivity index (χ3n) is 4.62. The Morgan fingerprint density at radius 2 is 2.00 bits per heavy atom. The van der Waals surface area contributed by atoms with Crippen molar-refractivity contribution in [2.75, 3.05) is 6.61 Å². The van der Waals surface area contributed by atoms with Crippen molar-refractivity contribution in [3.63, 3.8) is 0 Å². The summed E-state index contributed by atoms with van der Waals surface area (Å²) in [5.74, 6) is -0.933. The van der Waals surface area contributed by atoms with E-state index in [4.69, 9.17) is 4.74 Å². The summed E-state index contributed by atoms with van der Waals surface area (Å²) in [6, 6.07) is 4.72. The molecule has 0 unspecified atom stereocenters. The van der Waals surface area contributed by atoms with E-state index in [1.807, 2.05) is 20.8 Å². The summed E-state index contributed by atoms with van der Waals surface area (Å²) in [5, 5.41) is -0.450. The minimum Gasteiger partial charge on any atom is -0.460 e. The number of β-lactam (4-membered cyclic amide) rings is 1. The van der Waals surface area contributed by atoms with Crippen molar-refractivity contribution >= 4 is 33.7 Å². The Hall–Kier alpha value is -1.84. The van der Waals surface area contributed by atoms with Gasteiger partial charge in [0.1, 0.15) is 24.1 Å². The number of thioether (sulfide) groups is 1. The van der Waals surface area contributed by atoms with Crippen LogP contribution >= 0.6 is 11.8 Å². The highest BCUT2D eigenvalue weighted by atomic mass is 32.2. The van der Waals surface area contributed by atoms with E-state index in [2.05, 4.69) is 11.3 Å². The lowest BCUT2D eigenvalue weighted by Gasteiger charge is -2.43. The molecular weight excluding hydrogens is 388 g/mol. The molecule has 1 N–H and O–H groups in total. The SMILES string of the molecule is C=CCOC(=O)[C@@H]1N2C(=O)[C@@H](NS(=O)(=O)c3ccc(C)cc3)[C@H]2SC1(C)C. The molecule has 1 amide bonds. The number of carbonyl (C=O) groups excluding carboxylic acids is 2. The third kappa shape index (κ3) is 3.51. The summed E-state index contributed by atoms with van der Waals surface area (Å²) in [6.45, 7) is 9.11. The first-order valence-corrected chi connectivity index (χ1v) is 10.8. The van der Waals surface area contributed by atoms with E-state index in [-0.39, 0.29) is 11.5 Å². The number of nitrogens with one attached hydrogen (secondary N) is 1. The van der Waals surface area contributed by atoms with Gasteiger partial charge in [0.2, 0.25) is 15.9 Å². The average Bonchev–Trinajstić information content (AvgIpc) is 2.86. The zero-order chi connectivity index (χ0) is 20.0. The molecule has 0 spiro atoms. The van der Waals surface area contributed by atoms with Crippen LogP contribution in [0.3, 0.4) is 0 Å². The van der Waals surface area contributed by atoms with Crippen LogP contribution in [0, 0.1) is 6.92 Å². The van der Waals surface area contributed by atoms with E-state index in [0.29, 0.717) is 0 Å². The Balaban J connectivity index is 1.78. The molecule has 7 nitrogen and oxygen atoms in total. The number of carbonyl (C=O) groups is 2. The number of hydrogen-bond donors (Lipinski definition) is 1. The van der Waals surface area contributed by atoms with Gasteiger partial charge in [-0.05, 0) is 32.9 Å². The van der Waals surface area contributed by atoms with Gasteiger partial charge in [0, 0.05) is 4.75 Å². The minimum atomic E-state index is -3.84. The molecule has 0 bridgehead atoms. The van der Waals surface area contributed by atoms with Crippen LogP contribution in [0.1, 0.15) is 19.4 Å². The zero-order valence-electron chi connectivity index (χ0n) is 15.3. The lowest BCUT2D eigenvalue weighted by Crippen LogP contribution is -2.70. The average molecular weight is 411 g/mol. The van der Waals surface area contributed by atoms with Crippen molar-refractivity contribution < 1.29 is 22.7 Å². The quantitative estimate of drug-likeness (QED) is 0.433. The molecule has 2 aliphatic rings. The second-order valence-electron chi connectivity index (χ2n) is 7.09. The molecule has 2 fully saturated rings. The van der Waals surface area contributed by atoms with Crippen molar-refractivity contribution in [2.45, 2.75) is 47.9 Å². The number of fused-ring (bicyclic) bond motifs is 1. The molecule has 1 aromatic rings. The maximum absolute atomic E-state index is 12.6. The molecule has 3 rings (SSSR count). The van der Waals surface area contributed by atoms with E-state index >= 15 is 0 Å². The van der Waals surface area contributed by atoms with Crippen molar-refractivity contribution in [3.05, 3.63) is 42.5 Å². The highest BCUT2D eigenvalue weighted by Gasteiger charge is 2.64. The molecule has 0 aliphatic carbocycles. The largest absolute Gasteiger partial charge is 0.460 e. The molecule has 3 atom stereocenters. The van der Waals surface area contributed by atoms with Gasteiger partial charge in [0.25, 0.3) is 0 Å². The summed E-state index contributed by atoms with van der Waals surface area (Å²) in [4.78, 5) is 26.5. The molecule has 27 heavy (non-hydrogen) atoms. The maximum Gasteiger partial charge on any atom is 0.330 e. The smallest absolute Gasteiger partial charge is 0.330 e. The number of sulfonamides is 1. The molecule has 146 valence electrons. The first kappa shape index (κ1) is 19.9. The first-order valence-electron chi connectivity index (χ1n) is 8.45. The molecule has 0 radical (unpaired) electrons. The molecule has 2 heterocycles. The fourth-order valence-corrected chi connectivity index (χ4v) is 6.18.